The van der Waals surface area contributed by atoms with Gasteiger partial charge in [0.2, 0.25) is 17.7 Å². The van der Waals surface area contributed by atoms with E-state index in [-0.39, 0.29) is 29.4 Å². The number of hydrogen-bond acceptors (Lipinski definition) is 7. The highest BCUT2D eigenvalue weighted by Crippen LogP contribution is 2.30. The number of phenolic OH excluding ortho intramolecular Hbond substituents is 1. The van der Waals surface area contributed by atoms with E-state index >= 15 is 0 Å². The van der Waals surface area contributed by atoms with Crippen LogP contribution >= 0.6 is 0 Å². The molecule has 0 aliphatic carbocycles. The Bertz CT molecular complexity index is 898. The second-order valence-corrected chi connectivity index (χ2v) is 9.49. The second kappa shape index (κ2) is 9.17. The molecule has 0 radical (unpaired) electrons. The summed E-state index contributed by atoms with van der Waals surface area (Å²) >= 11 is 0. The molecular formula is C23H33N5O4. The summed E-state index contributed by atoms with van der Waals surface area (Å²) in [5.41, 5.74) is 6.66. The Morgan fingerprint density at radius 1 is 1.22 bits per heavy atom. The first-order valence-corrected chi connectivity index (χ1v) is 11.4. The number of nitrogens with two attached hydrogens (primary N) is 1. The third kappa shape index (κ3) is 4.65. The third-order valence-electron chi connectivity index (χ3n) is 7.35. The van der Waals surface area contributed by atoms with Crippen LogP contribution in [0, 0.1) is 5.92 Å². The highest BCUT2D eigenvalue weighted by molar-refractivity contribution is 6.02. The minimum Gasteiger partial charge on any atom is -0.508 e. The topological polar surface area (TPSA) is 128 Å². The largest absolute Gasteiger partial charge is 0.508 e. The van der Waals surface area contributed by atoms with Crippen LogP contribution in [0.25, 0.3) is 0 Å². The Morgan fingerprint density at radius 2 is 1.97 bits per heavy atom. The maximum atomic E-state index is 13.2. The molecule has 2 saturated heterocycles. The molecule has 1 aromatic rings. The first-order valence-electron chi connectivity index (χ1n) is 11.4. The summed E-state index contributed by atoms with van der Waals surface area (Å²) in [6.45, 7) is 5.38. The van der Waals surface area contributed by atoms with E-state index in [1.54, 1.807) is 12.1 Å². The highest BCUT2D eigenvalue weighted by atomic mass is 16.3. The number of benzene rings is 1. The van der Waals surface area contributed by atoms with Gasteiger partial charge < -0.3 is 16.2 Å². The molecule has 0 bridgehead atoms. The number of nitrogens with one attached hydrogen (secondary N) is 2. The van der Waals surface area contributed by atoms with Crippen LogP contribution < -0.4 is 16.4 Å². The molecule has 3 aliphatic heterocycles. The number of primary amides is 1. The predicted molar refractivity (Wildman–Crippen MR) is 118 cm³/mol. The zero-order valence-electron chi connectivity index (χ0n) is 18.6. The van der Waals surface area contributed by atoms with Gasteiger partial charge in [-0.2, -0.15) is 0 Å². The maximum absolute atomic E-state index is 13.2. The van der Waals surface area contributed by atoms with Gasteiger partial charge in [-0.05, 0) is 62.3 Å². The van der Waals surface area contributed by atoms with Gasteiger partial charge in [0, 0.05) is 32.1 Å². The molecule has 32 heavy (non-hydrogen) atoms. The average molecular weight is 444 g/mol. The lowest BCUT2D eigenvalue weighted by molar-refractivity contribution is -0.138. The van der Waals surface area contributed by atoms with Gasteiger partial charge in [0.1, 0.15) is 5.75 Å². The highest BCUT2D eigenvalue weighted by Gasteiger charge is 2.45. The Labute approximate surface area is 188 Å². The summed E-state index contributed by atoms with van der Waals surface area (Å²) in [6.07, 6.45) is 3.57. The van der Waals surface area contributed by atoms with Crippen molar-refractivity contribution in [3.63, 3.8) is 0 Å². The number of imide groups is 1. The van der Waals surface area contributed by atoms with E-state index in [9.17, 15) is 19.5 Å². The molecular weight excluding hydrogens is 410 g/mol. The van der Waals surface area contributed by atoms with Crippen molar-refractivity contribution in [1.29, 1.82) is 0 Å². The van der Waals surface area contributed by atoms with Crippen molar-refractivity contribution >= 4 is 17.7 Å². The first kappa shape index (κ1) is 22.7. The van der Waals surface area contributed by atoms with Gasteiger partial charge in [-0.25, -0.2) is 0 Å². The van der Waals surface area contributed by atoms with Crippen LogP contribution in [-0.4, -0.2) is 70.5 Å². The number of amides is 3. The number of phenols is 1. The van der Waals surface area contributed by atoms with Gasteiger partial charge in [0.05, 0.1) is 18.2 Å². The van der Waals surface area contributed by atoms with Gasteiger partial charge in [-0.3, -0.25) is 29.5 Å². The fraction of sp³-hybridized carbons (Fsp3) is 0.609. The number of carbonyl (C=O) groups excluding carboxylic acids is 3. The average Bonchev–Trinajstić information content (AvgIpc) is 3.15. The molecule has 9 nitrogen and oxygen atoms in total. The number of aromatic hydroxyl groups is 1. The van der Waals surface area contributed by atoms with E-state index in [1.807, 2.05) is 13.0 Å². The molecule has 0 saturated carbocycles. The van der Waals surface area contributed by atoms with Gasteiger partial charge in [-0.1, -0.05) is 6.07 Å². The van der Waals surface area contributed by atoms with Crippen LogP contribution in [0.4, 0.5) is 0 Å². The molecule has 0 unspecified atom stereocenters. The van der Waals surface area contributed by atoms with Gasteiger partial charge in [0.15, 0.2) is 0 Å². The van der Waals surface area contributed by atoms with E-state index < -0.39 is 11.6 Å². The standard InChI is InChI=1S/C23H33N5O4/c1-23(7-2-8-28(23)14-27-9-5-15(6-10-27)20(24)30)22(32)26-21(31)19-12-16-3-4-18(29)11-17(16)13-25-19/h3-4,11,15,19,25,29H,2,5-10,12-14H2,1H3,(H2,24,30)(H,26,31,32)/t19-,23+/m1/s1. The molecule has 2 atom stereocenters. The molecule has 0 spiro atoms. The fourth-order valence-corrected chi connectivity index (χ4v) is 5.12. The number of hydrogen-bond donors (Lipinski definition) is 4. The first-order chi connectivity index (χ1) is 15.3. The van der Waals surface area contributed by atoms with Crippen molar-refractivity contribution in [3.05, 3.63) is 29.3 Å². The molecule has 2 fully saturated rings. The van der Waals surface area contributed by atoms with Crippen molar-refractivity contribution in [2.75, 3.05) is 26.3 Å². The van der Waals surface area contributed by atoms with Crippen molar-refractivity contribution in [3.8, 4) is 5.75 Å². The van der Waals surface area contributed by atoms with Crippen molar-refractivity contribution in [2.24, 2.45) is 11.7 Å². The van der Waals surface area contributed by atoms with Crippen LogP contribution in [0.2, 0.25) is 0 Å². The molecule has 9 heteroatoms. The van der Waals surface area contributed by atoms with E-state index in [0.29, 0.717) is 26.1 Å². The number of rotatable bonds is 5. The quantitative estimate of drug-likeness (QED) is 0.474. The van der Waals surface area contributed by atoms with Crippen LogP contribution in [-0.2, 0) is 27.3 Å². The summed E-state index contributed by atoms with van der Waals surface area (Å²) in [5, 5.41) is 15.4. The monoisotopic (exact) mass is 443 g/mol. The Morgan fingerprint density at radius 3 is 2.69 bits per heavy atom. The predicted octanol–water partition coefficient (Wildman–Crippen LogP) is 0.0586. The van der Waals surface area contributed by atoms with Crippen molar-refractivity contribution in [2.45, 2.75) is 57.2 Å². The lowest BCUT2D eigenvalue weighted by atomic mass is 9.94. The third-order valence-corrected chi connectivity index (χ3v) is 7.35. The van der Waals surface area contributed by atoms with Crippen LogP contribution in [0.3, 0.4) is 0 Å². The minimum absolute atomic E-state index is 0.0609. The van der Waals surface area contributed by atoms with Crippen molar-refractivity contribution < 1.29 is 19.5 Å². The minimum atomic E-state index is -0.742. The van der Waals surface area contributed by atoms with Crippen LogP contribution in [0.5, 0.6) is 5.75 Å². The van der Waals surface area contributed by atoms with E-state index in [4.69, 9.17) is 5.73 Å². The molecule has 174 valence electrons. The fourth-order valence-electron chi connectivity index (χ4n) is 5.12. The lowest BCUT2D eigenvalue weighted by Gasteiger charge is -2.39. The van der Waals surface area contributed by atoms with Gasteiger partial charge >= 0.3 is 0 Å². The summed E-state index contributed by atoms with van der Waals surface area (Å²) < 4.78 is 0. The number of carbonyl (C=O) groups is 3. The number of nitrogens with zero attached hydrogens (tertiary/aromatic N) is 2. The van der Waals surface area contributed by atoms with E-state index in [1.165, 1.54) is 0 Å². The smallest absolute Gasteiger partial charge is 0.246 e. The number of likely N-dealkylation sites (tertiary alicyclic amines) is 2. The van der Waals surface area contributed by atoms with Crippen molar-refractivity contribution in [1.82, 2.24) is 20.4 Å². The molecule has 3 amide bonds. The normalized spacial score (nSPS) is 27.1. The van der Waals surface area contributed by atoms with Crippen LogP contribution in [0.1, 0.15) is 43.7 Å². The molecule has 3 aliphatic rings. The Balaban J connectivity index is 1.34. The summed E-state index contributed by atoms with van der Waals surface area (Å²) in [4.78, 5) is 41.9. The molecule has 3 heterocycles. The molecule has 0 aromatic heterocycles. The zero-order chi connectivity index (χ0) is 22.9. The summed E-state index contributed by atoms with van der Waals surface area (Å²) in [6, 6.07) is 4.66. The summed E-state index contributed by atoms with van der Waals surface area (Å²) in [7, 11) is 0. The van der Waals surface area contributed by atoms with E-state index in [0.717, 1.165) is 50.0 Å². The van der Waals surface area contributed by atoms with Gasteiger partial charge in [0.25, 0.3) is 0 Å². The van der Waals surface area contributed by atoms with Gasteiger partial charge in [-0.15, -0.1) is 0 Å². The molecule has 5 N–H and O–H groups in total. The Kier molecular flexibility index (Phi) is 6.50. The Hall–Kier alpha value is -2.49. The lowest BCUT2D eigenvalue weighted by Crippen LogP contribution is -2.60. The van der Waals surface area contributed by atoms with Crippen LogP contribution in [0.15, 0.2) is 18.2 Å². The SMILES string of the molecule is C[C@@]1(C(=O)NC(=O)[C@H]2Cc3ccc(O)cc3CN2)CCCN1CN1CCC(C(N)=O)CC1. The molecule has 1 aromatic carbocycles. The zero-order valence-corrected chi connectivity index (χ0v) is 18.6. The number of fused-ring (bicyclic) bond motifs is 1. The second-order valence-electron chi connectivity index (χ2n) is 9.49. The maximum Gasteiger partial charge on any atom is 0.246 e. The summed E-state index contributed by atoms with van der Waals surface area (Å²) in [5.74, 6) is -0.662. The molecule has 4 rings (SSSR count). The number of piperidine rings is 1. The van der Waals surface area contributed by atoms with E-state index in [2.05, 4.69) is 20.4 Å².